The summed E-state index contributed by atoms with van der Waals surface area (Å²) in [6.07, 6.45) is 1.25. The number of hydrogen-bond donors (Lipinski definition) is 2. The number of amides is 1. The number of rotatable bonds is 8. The summed E-state index contributed by atoms with van der Waals surface area (Å²) in [4.78, 5) is 28.9. The first-order chi connectivity index (χ1) is 13.6. The molecule has 1 aromatic carbocycles. The average molecular weight is 420 g/mol. The van der Waals surface area contributed by atoms with Crippen molar-refractivity contribution in [2.24, 2.45) is 0 Å². The zero-order valence-corrected chi connectivity index (χ0v) is 18.0. The highest BCUT2D eigenvalue weighted by molar-refractivity contribution is 7.99. The van der Waals surface area contributed by atoms with Gasteiger partial charge in [-0.15, -0.1) is 23.1 Å². The SMILES string of the molecule is CCOC(=O)c1c(NC(=O)CCSc2ccccc2)sc2c1CC[NH+](CC)C2. The summed E-state index contributed by atoms with van der Waals surface area (Å²) in [6, 6.07) is 10.0. The fourth-order valence-corrected chi connectivity index (χ4v) is 5.51. The molecule has 0 saturated heterocycles. The molecule has 2 aromatic rings. The van der Waals surface area contributed by atoms with Crippen molar-refractivity contribution in [3.8, 4) is 0 Å². The summed E-state index contributed by atoms with van der Waals surface area (Å²) in [6.45, 7) is 7.28. The van der Waals surface area contributed by atoms with Gasteiger partial charge in [-0.1, -0.05) is 18.2 Å². The van der Waals surface area contributed by atoms with Crippen molar-refractivity contribution in [3.63, 3.8) is 0 Å². The number of nitrogens with one attached hydrogen (secondary N) is 2. The Morgan fingerprint density at radius 2 is 2.04 bits per heavy atom. The van der Waals surface area contributed by atoms with E-state index in [2.05, 4.69) is 12.2 Å². The minimum atomic E-state index is -0.325. The van der Waals surface area contributed by atoms with Crippen molar-refractivity contribution in [1.29, 1.82) is 0 Å². The summed E-state index contributed by atoms with van der Waals surface area (Å²) in [5, 5.41) is 3.63. The van der Waals surface area contributed by atoms with E-state index >= 15 is 0 Å². The normalized spacial score (nSPS) is 15.7. The molecule has 5 nitrogen and oxygen atoms in total. The first-order valence-electron chi connectivity index (χ1n) is 9.75. The molecule has 0 fully saturated rings. The highest BCUT2D eigenvalue weighted by atomic mass is 32.2. The van der Waals surface area contributed by atoms with Crippen LogP contribution in [0.25, 0.3) is 0 Å². The molecular weight excluding hydrogens is 392 g/mol. The molecule has 1 aliphatic rings. The van der Waals surface area contributed by atoms with E-state index in [1.165, 1.54) is 21.1 Å². The Labute approximate surface area is 174 Å². The smallest absolute Gasteiger partial charge is 0.341 e. The van der Waals surface area contributed by atoms with Gasteiger partial charge in [-0.05, 0) is 31.5 Å². The summed E-state index contributed by atoms with van der Waals surface area (Å²) < 4.78 is 5.27. The number of benzene rings is 1. The van der Waals surface area contributed by atoms with Crippen LogP contribution in [0.3, 0.4) is 0 Å². The van der Waals surface area contributed by atoms with Crippen molar-refractivity contribution >= 4 is 40.0 Å². The number of carbonyl (C=O) groups is 2. The van der Waals surface area contributed by atoms with Gasteiger partial charge >= 0.3 is 5.97 Å². The lowest BCUT2D eigenvalue weighted by Gasteiger charge is -2.22. The van der Waals surface area contributed by atoms with Crippen LogP contribution < -0.4 is 10.2 Å². The van der Waals surface area contributed by atoms with E-state index in [1.54, 1.807) is 18.7 Å². The lowest BCUT2D eigenvalue weighted by molar-refractivity contribution is -0.913. The molecule has 0 saturated carbocycles. The van der Waals surface area contributed by atoms with Crippen molar-refractivity contribution in [2.45, 2.75) is 38.1 Å². The Bertz CT molecular complexity index is 821. The Balaban J connectivity index is 1.68. The maximum Gasteiger partial charge on any atom is 0.341 e. The zero-order chi connectivity index (χ0) is 19.9. The van der Waals surface area contributed by atoms with Crippen LogP contribution in [-0.4, -0.2) is 37.3 Å². The van der Waals surface area contributed by atoms with Crippen molar-refractivity contribution in [1.82, 2.24) is 0 Å². The number of anilines is 1. The van der Waals surface area contributed by atoms with Gasteiger partial charge in [-0.25, -0.2) is 4.79 Å². The minimum absolute atomic E-state index is 0.0627. The van der Waals surface area contributed by atoms with Crippen LogP contribution in [0.5, 0.6) is 0 Å². The molecule has 0 aliphatic carbocycles. The zero-order valence-electron chi connectivity index (χ0n) is 16.4. The molecule has 1 aliphatic heterocycles. The van der Waals surface area contributed by atoms with Gasteiger partial charge in [0.1, 0.15) is 11.5 Å². The second-order valence-electron chi connectivity index (χ2n) is 6.67. The topological polar surface area (TPSA) is 59.8 Å². The Morgan fingerprint density at radius 3 is 2.75 bits per heavy atom. The number of hydrogen-bond acceptors (Lipinski definition) is 5. The number of ether oxygens (including phenoxy) is 1. The van der Waals surface area contributed by atoms with Crippen molar-refractivity contribution < 1.29 is 19.2 Å². The van der Waals surface area contributed by atoms with Crippen LogP contribution in [0.2, 0.25) is 0 Å². The molecule has 3 rings (SSSR count). The van der Waals surface area contributed by atoms with E-state index in [1.807, 2.05) is 30.3 Å². The fourth-order valence-electron chi connectivity index (χ4n) is 3.31. The minimum Gasteiger partial charge on any atom is -0.462 e. The molecule has 0 spiro atoms. The molecule has 0 bridgehead atoms. The van der Waals surface area contributed by atoms with Gasteiger partial charge in [0.15, 0.2) is 0 Å². The van der Waals surface area contributed by atoms with Crippen molar-refractivity contribution in [2.75, 3.05) is 30.8 Å². The molecular formula is C21H27N2O3S2+. The third-order valence-electron chi connectivity index (χ3n) is 4.80. The monoisotopic (exact) mass is 419 g/mol. The van der Waals surface area contributed by atoms with Gasteiger partial charge < -0.3 is 15.0 Å². The van der Waals surface area contributed by atoms with Gasteiger partial charge in [0, 0.05) is 23.5 Å². The average Bonchev–Trinajstić information content (AvgIpc) is 3.05. The molecule has 7 heteroatoms. The molecule has 1 amide bonds. The summed E-state index contributed by atoms with van der Waals surface area (Å²) >= 11 is 3.19. The third-order valence-corrected chi connectivity index (χ3v) is 6.96. The van der Waals surface area contributed by atoms with E-state index < -0.39 is 0 Å². The number of fused-ring (bicyclic) bond motifs is 1. The molecule has 1 aromatic heterocycles. The summed E-state index contributed by atoms with van der Waals surface area (Å²) in [5.41, 5.74) is 1.63. The number of likely N-dealkylation sites (N-methyl/N-ethyl adjacent to an activating group) is 1. The van der Waals surface area contributed by atoms with Gasteiger partial charge in [-0.2, -0.15) is 0 Å². The lowest BCUT2D eigenvalue weighted by atomic mass is 10.0. The molecule has 1 unspecified atom stereocenters. The van der Waals surface area contributed by atoms with Crippen LogP contribution >= 0.6 is 23.1 Å². The second-order valence-corrected chi connectivity index (χ2v) is 8.94. The highest BCUT2D eigenvalue weighted by Crippen LogP contribution is 2.35. The van der Waals surface area contributed by atoms with E-state index in [4.69, 9.17) is 4.74 Å². The second kappa shape index (κ2) is 10.1. The van der Waals surface area contributed by atoms with Crippen LogP contribution in [0.4, 0.5) is 5.00 Å². The predicted molar refractivity (Wildman–Crippen MR) is 114 cm³/mol. The maximum atomic E-state index is 12.6. The fraction of sp³-hybridized carbons (Fsp3) is 0.429. The molecule has 2 heterocycles. The standard InChI is InChI=1S/C21H26N2O3S2/c1-3-23-12-10-16-17(14-23)28-20(19(16)21(25)26-4-2)22-18(24)11-13-27-15-8-6-5-7-9-15/h5-9H,3-4,10-14H2,1-2H3,(H,22,24)/p+1. The van der Waals surface area contributed by atoms with E-state index in [0.717, 1.165) is 36.5 Å². The van der Waals surface area contributed by atoms with Gasteiger partial charge in [0.2, 0.25) is 5.91 Å². The Morgan fingerprint density at radius 1 is 1.25 bits per heavy atom. The van der Waals surface area contributed by atoms with Gasteiger partial charge in [0.25, 0.3) is 0 Å². The maximum absolute atomic E-state index is 12.6. The number of thiophene rings is 1. The number of carbonyl (C=O) groups excluding carboxylic acids is 2. The number of thioether (sulfide) groups is 1. The van der Waals surface area contributed by atoms with Gasteiger partial charge in [0.05, 0.1) is 30.1 Å². The Kier molecular flexibility index (Phi) is 7.53. The summed E-state index contributed by atoms with van der Waals surface area (Å²) in [7, 11) is 0. The van der Waals surface area contributed by atoms with Crippen LogP contribution in [0.15, 0.2) is 35.2 Å². The number of quaternary nitrogens is 1. The van der Waals surface area contributed by atoms with Crippen LogP contribution in [-0.2, 0) is 22.5 Å². The lowest BCUT2D eigenvalue weighted by Crippen LogP contribution is -3.11. The molecule has 1 atom stereocenters. The third kappa shape index (κ3) is 5.16. The molecule has 0 radical (unpaired) electrons. The van der Waals surface area contributed by atoms with Crippen molar-refractivity contribution in [3.05, 3.63) is 46.3 Å². The number of esters is 1. The highest BCUT2D eigenvalue weighted by Gasteiger charge is 2.30. The molecule has 28 heavy (non-hydrogen) atoms. The van der Waals surface area contributed by atoms with E-state index in [9.17, 15) is 9.59 Å². The first-order valence-corrected chi connectivity index (χ1v) is 11.6. The van der Waals surface area contributed by atoms with E-state index in [-0.39, 0.29) is 11.9 Å². The first kappa shape index (κ1) is 20.9. The van der Waals surface area contributed by atoms with Gasteiger partial charge in [-0.3, -0.25) is 4.79 Å². The quantitative estimate of drug-likeness (QED) is 0.510. The Hall–Kier alpha value is -1.83. The largest absolute Gasteiger partial charge is 0.462 e. The summed E-state index contributed by atoms with van der Waals surface area (Å²) in [5.74, 6) is 0.310. The molecule has 150 valence electrons. The van der Waals surface area contributed by atoms with Crippen LogP contribution in [0, 0.1) is 0 Å². The molecule has 2 N–H and O–H groups in total. The predicted octanol–water partition coefficient (Wildman–Crippen LogP) is 3.01. The van der Waals surface area contributed by atoms with Crippen LogP contribution in [0.1, 0.15) is 41.1 Å². The van der Waals surface area contributed by atoms with E-state index in [0.29, 0.717) is 29.3 Å².